The van der Waals surface area contributed by atoms with Gasteiger partial charge in [-0.15, -0.1) is 0 Å². The van der Waals surface area contributed by atoms with E-state index in [9.17, 15) is 14.0 Å². The largest absolute Gasteiger partial charge is 0.484 e. The Kier molecular flexibility index (Phi) is 9.45. The van der Waals surface area contributed by atoms with Gasteiger partial charge in [-0.05, 0) is 60.2 Å². The highest BCUT2D eigenvalue weighted by Gasteiger charge is 2.31. The maximum Gasteiger partial charge on any atom is 0.261 e. The number of hydrogen-bond acceptors (Lipinski definition) is 3. The number of nitrogens with zero attached hydrogens (tertiary/aromatic N) is 1. The molecule has 37 heavy (non-hydrogen) atoms. The summed E-state index contributed by atoms with van der Waals surface area (Å²) < 4.78 is 19.4. The van der Waals surface area contributed by atoms with Crippen molar-refractivity contribution in [3.8, 4) is 5.75 Å². The van der Waals surface area contributed by atoms with E-state index in [0.717, 1.165) is 16.7 Å². The summed E-state index contributed by atoms with van der Waals surface area (Å²) in [6, 6.07) is 22.4. The minimum Gasteiger partial charge on any atom is -0.484 e. The van der Waals surface area contributed by atoms with E-state index in [1.165, 1.54) is 17.0 Å². The van der Waals surface area contributed by atoms with Crippen LogP contribution in [0.5, 0.6) is 5.75 Å². The number of carbonyl (C=O) groups excluding carboxylic acids is 2. The third-order valence-corrected chi connectivity index (χ3v) is 6.05. The van der Waals surface area contributed by atoms with Gasteiger partial charge in [0.15, 0.2) is 6.61 Å². The molecule has 1 N–H and O–H groups in total. The summed E-state index contributed by atoms with van der Waals surface area (Å²) in [5.74, 6) is -0.357. The van der Waals surface area contributed by atoms with Crippen molar-refractivity contribution in [3.63, 3.8) is 0 Å². The first-order valence-corrected chi connectivity index (χ1v) is 12.6. The molecule has 0 fully saturated rings. The molecule has 0 aliphatic heterocycles. The summed E-state index contributed by atoms with van der Waals surface area (Å²) in [6.45, 7) is 10.1. The van der Waals surface area contributed by atoms with Crippen LogP contribution >= 0.6 is 0 Å². The van der Waals surface area contributed by atoms with Crippen molar-refractivity contribution in [2.45, 2.75) is 65.1 Å². The molecule has 0 bridgehead atoms. The molecule has 5 nitrogen and oxygen atoms in total. The van der Waals surface area contributed by atoms with Crippen molar-refractivity contribution < 1.29 is 18.7 Å². The first-order valence-electron chi connectivity index (χ1n) is 12.6. The van der Waals surface area contributed by atoms with Crippen LogP contribution < -0.4 is 10.1 Å². The molecule has 1 atom stereocenters. The van der Waals surface area contributed by atoms with E-state index in [2.05, 4.69) is 26.1 Å². The summed E-state index contributed by atoms with van der Waals surface area (Å²) in [5, 5.41) is 2.95. The monoisotopic (exact) mass is 504 g/mol. The first-order chi connectivity index (χ1) is 17.5. The molecule has 1 unspecified atom stereocenters. The van der Waals surface area contributed by atoms with Crippen molar-refractivity contribution in [1.82, 2.24) is 10.2 Å². The van der Waals surface area contributed by atoms with Gasteiger partial charge in [0.1, 0.15) is 17.6 Å². The van der Waals surface area contributed by atoms with Gasteiger partial charge in [0, 0.05) is 19.0 Å². The van der Waals surface area contributed by atoms with Gasteiger partial charge in [-0.2, -0.15) is 0 Å². The molecular weight excluding hydrogens is 467 g/mol. The Morgan fingerprint density at radius 1 is 0.892 bits per heavy atom. The Labute approximate surface area is 219 Å². The number of rotatable bonds is 10. The fourth-order valence-corrected chi connectivity index (χ4v) is 4.00. The molecule has 3 rings (SSSR count). The second-order valence-electron chi connectivity index (χ2n) is 10.6. The Morgan fingerprint density at radius 3 is 2.08 bits per heavy atom. The molecule has 0 aliphatic rings. The number of benzene rings is 3. The van der Waals surface area contributed by atoms with Gasteiger partial charge in [0.05, 0.1) is 0 Å². The number of ether oxygens (including phenoxy) is 1. The highest BCUT2D eigenvalue weighted by atomic mass is 19.1. The predicted octanol–water partition coefficient (Wildman–Crippen LogP) is 5.67. The van der Waals surface area contributed by atoms with Gasteiger partial charge in [0.25, 0.3) is 5.91 Å². The average molecular weight is 505 g/mol. The molecule has 0 aliphatic carbocycles. The lowest BCUT2D eigenvalue weighted by molar-refractivity contribution is -0.143. The highest BCUT2D eigenvalue weighted by molar-refractivity contribution is 5.88. The molecule has 0 aromatic heterocycles. The van der Waals surface area contributed by atoms with E-state index >= 15 is 0 Å². The van der Waals surface area contributed by atoms with Crippen molar-refractivity contribution >= 4 is 11.8 Å². The van der Waals surface area contributed by atoms with Crippen molar-refractivity contribution in [3.05, 3.63) is 101 Å². The molecule has 3 aromatic rings. The lowest BCUT2D eigenvalue weighted by atomic mass is 9.87. The molecule has 0 spiro atoms. The highest BCUT2D eigenvalue weighted by Crippen LogP contribution is 2.24. The second-order valence-corrected chi connectivity index (χ2v) is 10.6. The second kappa shape index (κ2) is 12.5. The van der Waals surface area contributed by atoms with Crippen LogP contribution in [-0.4, -0.2) is 35.4 Å². The SMILES string of the molecule is CC(C)NC(=O)C(Cc1ccccc1)N(Cc1ccc(F)cc1)C(=O)COc1ccc(C(C)(C)C)cc1. The number of carbonyl (C=O) groups is 2. The molecule has 3 aromatic carbocycles. The smallest absolute Gasteiger partial charge is 0.261 e. The lowest BCUT2D eigenvalue weighted by Gasteiger charge is -2.32. The standard InChI is InChI=1S/C31H37FN2O3/c1-22(2)33-30(36)28(19-23-9-7-6-8-10-23)34(20-24-11-15-26(32)16-12-24)29(35)21-37-27-17-13-25(14-18-27)31(3,4)5/h6-18,22,28H,19-21H2,1-5H3,(H,33,36). The van der Waals surface area contributed by atoms with Crippen LogP contribution in [0.2, 0.25) is 0 Å². The Bertz CT molecular complexity index is 1150. The lowest BCUT2D eigenvalue weighted by Crippen LogP contribution is -2.52. The number of hydrogen-bond donors (Lipinski definition) is 1. The van der Waals surface area contributed by atoms with E-state index in [-0.39, 0.29) is 42.2 Å². The molecule has 0 heterocycles. The zero-order valence-corrected chi connectivity index (χ0v) is 22.3. The Balaban J connectivity index is 1.87. The summed E-state index contributed by atoms with van der Waals surface area (Å²) in [4.78, 5) is 28.5. The molecule has 0 saturated heterocycles. The van der Waals surface area contributed by atoms with Crippen LogP contribution in [0.4, 0.5) is 4.39 Å². The topological polar surface area (TPSA) is 58.6 Å². The summed E-state index contributed by atoms with van der Waals surface area (Å²) >= 11 is 0. The Hall–Kier alpha value is -3.67. The Morgan fingerprint density at radius 2 is 1.51 bits per heavy atom. The zero-order valence-electron chi connectivity index (χ0n) is 22.3. The van der Waals surface area contributed by atoms with Gasteiger partial charge in [-0.25, -0.2) is 4.39 Å². The van der Waals surface area contributed by atoms with E-state index in [1.807, 2.05) is 68.4 Å². The van der Waals surface area contributed by atoms with Gasteiger partial charge >= 0.3 is 0 Å². The van der Waals surface area contributed by atoms with Crippen LogP contribution in [0.25, 0.3) is 0 Å². The minimum absolute atomic E-state index is 0.00867. The minimum atomic E-state index is -0.769. The predicted molar refractivity (Wildman–Crippen MR) is 145 cm³/mol. The number of halogens is 1. The van der Waals surface area contributed by atoms with Crippen LogP contribution in [0, 0.1) is 5.82 Å². The van der Waals surface area contributed by atoms with Gasteiger partial charge in [-0.3, -0.25) is 9.59 Å². The van der Waals surface area contributed by atoms with Crippen LogP contribution in [0.15, 0.2) is 78.9 Å². The third-order valence-electron chi connectivity index (χ3n) is 6.05. The normalized spacial score (nSPS) is 12.2. The van der Waals surface area contributed by atoms with E-state index < -0.39 is 6.04 Å². The summed E-state index contributed by atoms with van der Waals surface area (Å²) in [5.41, 5.74) is 2.83. The molecule has 0 radical (unpaired) electrons. The molecular formula is C31H37FN2O3. The van der Waals surface area contributed by atoms with Crippen LogP contribution in [0.3, 0.4) is 0 Å². The number of nitrogens with one attached hydrogen (secondary N) is 1. The molecule has 6 heteroatoms. The van der Waals surface area contributed by atoms with Crippen molar-refractivity contribution in [2.24, 2.45) is 0 Å². The summed E-state index contributed by atoms with van der Waals surface area (Å²) in [7, 11) is 0. The zero-order chi connectivity index (χ0) is 27.0. The number of amides is 2. The van der Waals surface area contributed by atoms with Crippen molar-refractivity contribution in [1.29, 1.82) is 0 Å². The fraction of sp³-hybridized carbons (Fsp3) is 0.355. The van der Waals surface area contributed by atoms with Gasteiger partial charge in [-0.1, -0.05) is 75.4 Å². The van der Waals surface area contributed by atoms with E-state index in [4.69, 9.17) is 4.74 Å². The van der Waals surface area contributed by atoms with Crippen molar-refractivity contribution in [2.75, 3.05) is 6.61 Å². The summed E-state index contributed by atoms with van der Waals surface area (Å²) in [6.07, 6.45) is 0.340. The maximum absolute atomic E-state index is 13.6. The average Bonchev–Trinajstić information content (AvgIpc) is 2.85. The van der Waals surface area contributed by atoms with E-state index in [0.29, 0.717) is 12.2 Å². The third kappa shape index (κ3) is 8.45. The molecule has 0 saturated carbocycles. The molecule has 196 valence electrons. The van der Waals surface area contributed by atoms with E-state index in [1.54, 1.807) is 12.1 Å². The molecule has 2 amide bonds. The first kappa shape index (κ1) is 27.9. The fourth-order valence-electron chi connectivity index (χ4n) is 4.00. The van der Waals surface area contributed by atoms with Gasteiger partial charge in [0.2, 0.25) is 5.91 Å². The van der Waals surface area contributed by atoms with Crippen LogP contribution in [0.1, 0.15) is 51.3 Å². The maximum atomic E-state index is 13.6. The van der Waals surface area contributed by atoms with Gasteiger partial charge < -0.3 is 15.0 Å². The quantitative estimate of drug-likeness (QED) is 0.387. The van der Waals surface area contributed by atoms with Crippen LogP contribution in [-0.2, 0) is 28.0 Å².